The molecule has 5 nitrogen and oxygen atoms in total. The average molecular weight is 282 g/mol. The van der Waals surface area contributed by atoms with Gasteiger partial charge in [0.1, 0.15) is 11.6 Å². The van der Waals surface area contributed by atoms with Crippen LogP contribution in [0.2, 0.25) is 0 Å². The molecule has 114 valence electrons. The van der Waals surface area contributed by atoms with E-state index in [0.29, 0.717) is 26.2 Å². The first-order valence-corrected chi connectivity index (χ1v) is 7.85. The van der Waals surface area contributed by atoms with Crippen LogP contribution in [-0.2, 0) is 14.3 Å². The number of nitrogens with zero attached hydrogens (tertiary/aromatic N) is 1. The van der Waals surface area contributed by atoms with Gasteiger partial charge >= 0.3 is 0 Å². The Labute approximate surface area is 121 Å². The van der Waals surface area contributed by atoms with E-state index in [1.54, 1.807) is 4.90 Å². The molecule has 1 heterocycles. The van der Waals surface area contributed by atoms with E-state index in [-0.39, 0.29) is 17.9 Å². The molecule has 0 bridgehead atoms. The number of hydrogen-bond acceptors (Lipinski definition) is 3. The molecule has 1 saturated heterocycles. The molecule has 20 heavy (non-hydrogen) atoms. The summed E-state index contributed by atoms with van der Waals surface area (Å²) in [6, 6.07) is -0.334. The molecular weight excluding hydrogens is 256 g/mol. The van der Waals surface area contributed by atoms with Gasteiger partial charge in [-0.15, -0.1) is 0 Å². The van der Waals surface area contributed by atoms with E-state index in [2.05, 4.69) is 12.2 Å². The summed E-state index contributed by atoms with van der Waals surface area (Å²) in [5.41, 5.74) is -0.618. The number of carbonyl (C=O) groups is 2. The molecule has 2 rings (SSSR count). The maximum Gasteiger partial charge on any atom is 0.249 e. The van der Waals surface area contributed by atoms with Crippen molar-refractivity contribution in [2.75, 3.05) is 19.8 Å². The Morgan fingerprint density at radius 2 is 1.95 bits per heavy atom. The third kappa shape index (κ3) is 2.82. The Bertz CT molecular complexity index is 364. The number of carbonyl (C=O) groups excluding carboxylic acids is 2. The lowest BCUT2D eigenvalue weighted by atomic mass is 9.90. The van der Waals surface area contributed by atoms with Crippen molar-refractivity contribution in [1.82, 2.24) is 10.2 Å². The molecule has 1 saturated carbocycles. The normalized spacial score (nSPS) is 25.3. The van der Waals surface area contributed by atoms with Crippen LogP contribution in [0.3, 0.4) is 0 Å². The molecule has 0 radical (unpaired) electrons. The minimum Gasteiger partial charge on any atom is -0.380 e. The topological polar surface area (TPSA) is 58.6 Å². The summed E-state index contributed by atoms with van der Waals surface area (Å²) in [6.45, 7) is 5.74. The molecule has 2 fully saturated rings. The minimum atomic E-state index is -0.618. The van der Waals surface area contributed by atoms with Crippen molar-refractivity contribution in [1.29, 1.82) is 0 Å². The van der Waals surface area contributed by atoms with Gasteiger partial charge < -0.3 is 15.0 Å². The van der Waals surface area contributed by atoms with Crippen LogP contribution in [0.4, 0.5) is 0 Å². The zero-order chi connectivity index (χ0) is 14.6. The Morgan fingerprint density at radius 1 is 1.25 bits per heavy atom. The van der Waals surface area contributed by atoms with Gasteiger partial charge in [0.15, 0.2) is 0 Å². The fraction of sp³-hybridized carbons (Fsp3) is 0.867. The molecule has 2 amide bonds. The lowest BCUT2D eigenvalue weighted by Gasteiger charge is -2.44. The SMILES string of the molecule is CCCOCCN1C(=O)C2(CCCC2)NC(=O)C1CC. The summed E-state index contributed by atoms with van der Waals surface area (Å²) in [5.74, 6) is 0.103. The van der Waals surface area contributed by atoms with Crippen LogP contribution in [0.25, 0.3) is 0 Å². The molecule has 1 unspecified atom stereocenters. The molecular formula is C15H26N2O3. The molecule has 1 spiro atoms. The Balaban J connectivity index is 2.07. The summed E-state index contributed by atoms with van der Waals surface area (Å²) in [6.07, 6.45) is 5.21. The first-order valence-electron chi connectivity index (χ1n) is 7.85. The molecule has 0 aromatic carbocycles. The predicted octanol–water partition coefficient (Wildman–Crippen LogP) is 1.46. The van der Waals surface area contributed by atoms with E-state index in [4.69, 9.17) is 4.74 Å². The maximum atomic E-state index is 12.8. The van der Waals surface area contributed by atoms with E-state index in [9.17, 15) is 9.59 Å². The standard InChI is InChI=1S/C15H26N2O3/c1-3-10-20-11-9-17-12(4-2)13(18)16-15(14(17)19)7-5-6-8-15/h12H,3-11H2,1-2H3,(H,16,18). The van der Waals surface area contributed by atoms with Crippen LogP contribution in [-0.4, -0.2) is 48.1 Å². The summed E-state index contributed by atoms with van der Waals surface area (Å²) in [4.78, 5) is 26.8. The average Bonchev–Trinajstić information content (AvgIpc) is 2.89. The molecule has 0 aromatic rings. The number of ether oxygens (including phenoxy) is 1. The third-order valence-electron chi connectivity index (χ3n) is 4.38. The van der Waals surface area contributed by atoms with Gasteiger partial charge in [0.2, 0.25) is 11.8 Å². The number of rotatable bonds is 6. The molecule has 5 heteroatoms. The molecule has 1 aliphatic carbocycles. The zero-order valence-corrected chi connectivity index (χ0v) is 12.6. The monoisotopic (exact) mass is 282 g/mol. The summed E-state index contributed by atoms with van der Waals surface area (Å²) in [7, 11) is 0. The van der Waals surface area contributed by atoms with Crippen molar-refractivity contribution in [2.45, 2.75) is 64.0 Å². The lowest BCUT2D eigenvalue weighted by Crippen LogP contribution is -2.69. The second-order valence-corrected chi connectivity index (χ2v) is 5.81. The largest absolute Gasteiger partial charge is 0.380 e. The van der Waals surface area contributed by atoms with Crippen molar-refractivity contribution in [3.63, 3.8) is 0 Å². The van der Waals surface area contributed by atoms with Crippen LogP contribution in [0.15, 0.2) is 0 Å². The third-order valence-corrected chi connectivity index (χ3v) is 4.38. The zero-order valence-electron chi connectivity index (χ0n) is 12.6. The Morgan fingerprint density at radius 3 is 2.55 bits per heavy atom. The lowest BCUT2D eigenvalue weighted by molar-refractivity contribution is -0.155. The summed E-state index contributed by atoms with van der Waals surface area (Å²) >= 11 is 0. The first kappa shape index (κ1) is 15.3. The molecule has 2 aliphatic rings. The van der Waals surface area contributed by atoms with E-state index >= 15 is 0 Å². The van der Waals surface area contributed by atoms with Gasteiger partial charge in [-0.25, -0.2) is 0 Å². The fourth-order valence-electron chi connectivity index (χ4n) is 3.32. The van der Waals surface area contributed by atoms with Crippen LogP contribution in [0.1, 0.15) is 52.4 Å². The van der Waals surface area contributed by atoms with Gasteiger partial charge in [0, 0.05) is 13.2 Å². The fourth-order valence-corrected chi connectivity index (χ4v) is 3.32. The maximum absolute atomic E-state index is 12.8. The van der Waals surface area contributed by atoms with E-state index in [1.165, 1.54) is 0 Å². The van der Waals surface area contributed by atoms with Gasteiger partial charge in [-0.3, -0.25) is 9.59 Å². The first-order chi connectivity index (χ1) is 9.64. The van der Waals surface area contributed by atoms with Crippen molar-refractivity contribution in [3.05, 3.63) is 0 Å². The molecule has 0 aromatic heterocycles. The number of piperazine rings is 1. The predicted molar refractivity (Wildman–Crippen MR) is 76.2 cm³/mol. The highest BCUT2D eigenvalue weighted by atomic mass is 16.5. The van der Waals surface area contributed by atoms with E-state index < -0.39 is 5.54 Å². The van der Waals surface area contributed by atoms with Gasteiger partial charge in [-0.05, 0) is 25.7 Å². The molecule has 1 atom stereocenters. The van der Waals surface area contributed by atoms with Crippen LogP contribution in [0, 0.1) is 0 Å². The van der Waals surface area contributed by atoms with Crippen molar-refractivity contribution >= 4 is 11.8 Å². The Hall–Kier alpha value is -1.10. The highest BCUT2D eigenvalue weighted by Crippen LogP contribution is 2.34. The number of hydrogen-bond donors (Lipinski definition) is 1. The van der Waals surface area contributed by atoms with Gasteiger partial charge in [-0.2, -0.15) is 0 Å². The van der Waals surface area contributed by atoms with Gasteiger partial charge in [0.25, 0.3) is 0 Å². The smallest absolute Gasteiger partial charge is 0.249 e. The molecule has 1 N–H and O–H groups in total. The van der Waals surface area contributed by atoms with E-state index in [0.717, 1.165) is 32.1 Å². The summed E-state index contributed by atoms with van der Waals surface area (Å²) < 4.78 is 5.49. The quantitative estimate of drug-likeness (QED) is 0.750. The van der Waals surface area contributed by atoms with Gasteiger partial charge in [-0.1, -0.05) is 26.7 Å². The van der Waals surface area contributed by atoms with Crippen LogP contribution >= 0.6 is 0 Å². The molecule has 1 aliphatic heterocycles. The van der Waals surface area contributed by atoms with Gasteiger partial charge in [0.05, 0.1) is 6.61 Å². The van der Waals surface area contributed by atoms with Crippen molar-refractivity contribution < 1.29 is 14.3 Å². The number of amides is 2. The highest BCUT2D eigenvalue weighted by molar-refractivity contribution is 6.00. The second-order valence-electron chi connectivity index (χ2n) is 5.81. The minimum absolute atomic E-state index is 0.00416. The van der Waals surface area contributed by atoms with Crippen molar-refractivity contribution in [2.24, 2.45) is 0 Å². The van der Waals surface area contributed by atoms with E-state index in [1.807, 2.05) is 6.92 Å². The van der Waals surface area contributed by atoms with Crippen molar-refractivity contribution in [3.8, 4) is 0 Å². The highest BCUT2D eigenvalue weighted by Gasteiger charge is 2.51. The summed E-state index contributed by atoms with van der Waals surface area (Å²) in [5, 5.41) is 3.00. The second kappa shape index (κ2) is 6.57. The number of nitrogens with one attached hydrogen (secondary N) is 1. The van der Waals surface area contributed by atoms with Crippen LogP contribution in [0.5, 0.6) is 0 Å². The Kier molecular flexibility index (Phi) is 5.02. The van der Waals surface area contributed by atoms with Crippen LogP contribution < -0.4 is 5.32 Å².